The van der Waals surface area contributed by atoms with E-state index in [1.807, 2.05) is 0 Å². The van der Waals surface area contributed by atoms with Gasteiger partial charge in [-0.25, -0.2) is 0 Å². The quantitative estimate of drug-likeness (QED) is 0.222. The van der Waals surface area contributed by atoms with Crippen LogP contribution in [-0.4, -0.2) is 130 Å². The Kier molecular flexibility index (Phi) is 13.4. The smallest absolute Gasteiger partial charge is 0.248 e. The lowest BCUT2D eigenvalue weighted by atomic mass is 9.96. The van der Waals surface area contributed by atoms with E-state index in [0.717, 1.165) is 10.5 Å². The molecule has 3 heterocycles. The molecule has 0 aromatic heterocycles. The van der Waals surface area contributed by atoms with Crippen LogP contribution in [0.15, 0.2) is 66.7 Å². The molecule has 3 aromatic rings. The number of ether oxygens (including phenoxy) is 2. The number of carbonyl (C=O) groups is 5. The molecule has 3 aliphatic rings. The van der Waals surface area contributed by atoms with Gasteiger partial charge in [-0.1, -0.05) is 30.3 Å². The molecule has 57 heavy (non-hydrogen) atoms. The number of fused-ring (bicyclic) bond motifs is 2. The number of carbonyl (C=O) groups excluding carboxylic acids is 5. The van der Waals surface area contributed by atoms with Gasteiger partial charge in [0.15, 0.2) is 11.5 Å². The highest BCUT2D eigenvalue weighted by atomic mass is 16.5. The maximum atomic E-state index is 14.7. The van der Waals surface area contributed by atoms with Gasteiger partial charge in [0.1, 0.15) is 42.0 Å². The summed E-state index contributed by atoms with van der Waals surface area (Å²) < 4.78 is 11.2. The lowest BCUT2D eigenvalue weighted by Gasteiger charge is -2.39. The summed E-state index contributed by atoms with van der Waals surface area (Å²) in [6.45, 7) is 4.44. The summed E-state index contributed by atoms with van der Waals surface area (Å²) in [5, 5.41) is 42.4. The van der Waals surface area contributed by atoms with Crippen molar-refractivity contribution in [3.8, 4) is 23.0 Å². The molecule has 6 bridgehead atoms. The van der Waals surface area contributed by atoms with Crippen LogP contribution in [0.4, 0.5) is 0 Å². The number of benzene rings is 3. The molecular formula is C41H52N6O10. The largest absolute Gasteiger partial charge is 0.504 e. The molecule has 3 aliphatic heterocycles. The third kappa shape index (κ3) is 9.82. The number of rotatable bonds is 3. The Morgan fingerprint density at radius 3 is 2.05 bits per heavy atom. The molecule has 8 atom stereocenters. The van der Waals surface area contributed by atoms with Crippen molar-refractivity contribution in [3.63, 3.8) is 0 Å². The fraction of sp³-hybridized carbons (Fsp3) is 0.439. The SMILES string of the molecule is COc1ccc(CC2C(O)NC(C)C(=O)N(C)C3C(=O)N(C)C(CC(=O)NC(C)C(=O)NC(C)C(=O)N2C)Cc2ccc(O)c(c2)Oc2ccc(cc2)C3O)cc1. The highest BCUT2D eigenvalue weighted by Crippen LogP contribution is 2.34. The summed E-state index contributed by atoms with van der Waals surface area (Å²) >= 11 is 0. The number of aliphatic hydroxyl groups is 2. The number of likely N-dealkylation sites (N-methyl/N-ethyl adjacent to an activating group) is 3. The third-order valence-corrected chi connectivity index (χ3v) is 10.7. The zero-order valence-electron chi connectivity index (χ0n) is 33.1. The number of phenols is 1. The van der Waals surface area contributed by atoms with Crippen molar-refractivity contribution in [2.45, 2.75) is 88.6 Å². The van der Waals surface area contributed by atoms with E-state index in [9.17, 15) is 39.3 Å². The Labute approximate surface area is 331 Å². The van der Waals surface area contributed by atoms with Gasteiger partial charge in [0.25, 0.3) is 0 Å². The van der Waals surface area contributed by atoms with Crippen molar-refractivity contribution in [1.82, 2.24) is 30.7 Å². The monoisotopic (exact) mass is 788 g/mol. The number of aromatic hydroxyl groups is 1. The van der Waals surface area contributed by atoms with Crippen LogP contribution in [0.25, 0.3) is 0 Å². The predicted octanol–water partition coefficient (Wildman–Crippen LogP) is 1.22. The molecule has 0 spiro atoms. The van der Waals surface area contributed by atoms with Crippen LogP contribution in [0.1, 0.15) is 50.0 Å². The van der Waals surface area contributed by atoms with Crippen LogP contribution in [0.3, 0.4) is 0 Å². The zero-order chi connectivity index (χ0) is 41.7. The number of hydrogen-bond donors (Lipinski definition) is 6. The first kappa shape index (κ1) is 42.4. The molecule has 8 unspecified atom stereocenters. The van der Waals surface area contributed by atoms with Crippen molar-refractivity contribution in [2.75, 3.05) is 28.3 Å². The standard InChI is InChI=1S/C41H52N6O10/c1-22-37(51)43-23(2)39(53)46(5)31(19-25-8-13-29(56-7)14-9-25)38(52)44-24(3)40(54)47(6)35-36(50)27-11-15-30(16-12-27)57-33-20-26(10-17-32(33)48)18-28(21-34(49)42-22)45(4)41(35)55/h8-17,20,22-24,28,31,35-36,38,44,48,50,52H,18-19,21H2,1-7H3,(H,42,49)(H,43,51). The Balaban J connectivity index is 1.58. The summed E-state index contributed by atoms with van der Waals surface area (Å²) in [5.74, 6) is -2.23. The van der Waals surface area contributed by atoms with Crippen LogP contribution >= 0.6 is 0 Å². The average molecular weight is 789 g/mol. The maximum Gasteiger partial charge on any atom is 0.248 e. The lowest BCUT2D eigenvalue weighted by Crippen LogP contribution is -2.61. The molecule has 6 rings (SSSR count). The number of methoxy groups -OCH3 is 1. The molecule has 3 aromatic carbocycles. The molecular weight excluding hydrogens is 736 g/mol. The van der Waals surface area contributed by atoms with Crippen molar-refractivity contribution < 1.29 is 48.8 Å². The Hall–Kier alpha value is -5.71. The van der Waals surface area contributed by atoms with E-state index < -0.39 is 78.1 Å². The van der Waals surface area contributed by atoms with Gasteiger partial charge in [0.05, 0.1) is 19.2 Å². The van der Waals surface area contributed by atoms with Crippen LogP contribution in [0.2, 0.25) is 0 Å². The molecule has 5 amide bonds. The molecule has 1 saturated heterocycles. The van der Waals surface area contributed by atoms with Gasteiger partial charge in [-0.15, -0.1) is 0 Å². The summed E-state index contributed by atoms with van der Waals surface area (Å²) in [6.07, 6.45) is -3.19. The molecule has 0 aliphatic carbocycles. The number of aliphatic hydroxyl groups excluding tert-OH is 2. The fourth-order valence-electron chi connectivity index (χ4n) is 7.12. The summed E-state index contributed by atoms with van der Waals surface area (Å²) in [4.78, 5) is 73.5. The van der Waals surface area contributed by atoms with Crippen LogP contribution in [0.5, 0.6) is 23.0 Å². The molecule has 1 fully saturated rings. The van der Waals surface area contributed by atoms with E-state index in [1.165, 1.54) is 77.0 Å². The zero-order valence-corrected chi connectivity index (χ0v) is 33.1. The first-order valence-electron chi connectivity index (χ1n) is 18.7. The molecule has 16 heteroatoms. The Morgan fingerprint density at radius 2 is 1.40 bits per heavy atom. The van der Waals surface area contributed by atoms with E-state index in [-0.39, 0.29) is 36.3 Å². The first-order chi connectivity index (χ1) is 27.0. The lowest BCUT2D eigenvalue weighted by molar-refractivity contribution is -0.152. The molecule has 306 valence electrons. The highest BCUT2D eigenvalue weighted by molar-refractivity contribution is 5.93. The molecule has 6 N–H and O–H groups in total. The number of amides is 5. The van der Waals surface area contributed by atoms with Crippen molar-refractivity contribution in [1.29, 1.82) is 0 Å². The van der Waals surface area contributed by atoms with Gasteiger partial charge >= 0.3 is 0 Å². The minimum atomic E-state index is -1.57. The number of nitrogens with zero attached hydrogens (tertiary/aromatic N) is 3. The first-order valence-corrected chi connectivity index (χ1v) is 18.7. The van der Waals surface area contributed by atoms with Crippen molar-refractivity contribution >= 4 is 29.5 Å². The number of nitrogens with one attached hydrogen (secondary N) is 3. The second-order valence-corrected chi connectivity index (χ2v) is 14.7. The number of hydrogen-bond acceptors (Lipinski definition) is 11. The molecule has 0 saturated carbocycles. The van der Waals surface area contributed by atoms with Crippen molar-refractivity contribution in [2.24, 2.45) is 0 Å². The highest BCUT2D eigenvalue weighted by Gasteiger charge is 2.41. The average Bonchev–Trinajstić information content (AvgIpc) is 3.19. The Bertz CT molecular complexity index is 1940. The van der Waals surface area contributed by atoms with E-state index in [4.69, 9.17) is 9.47 Å². The van der Waals surface area contributed by atoms with Crippen LogP contribution in [0, 0.1) is 0 Å². The topological polar surface area (TPSA) is 210 Å². The van der Waals surface area contributed by atoms with Gasteiger partial charge in [0, 0.05) is 33.6 Å². The normalized spacial score (nSPS) is 27.1. The van der Waals surface area contributed by atoms with E-state index >= 15 is 0 Å². The van der Waals surface area contributed by atoms with E-state index in [2.05, 4.69) is 16.0 Å². The minimum absolute atomic E-state index is 0.0720. The van der Waals surface area contributed by atoms with Gasteiger partial charge in [-0.3, -0.25) is 29.3 Å². The summed E-state index contributed by atoms with van der Waals surface area (Å²) in [7, 11) is 5.83. The maximum absolute atomic E-state index is 14.7. The predicted molar refractivity (Wildman–Crippen MR) is 208 cm³/mol. The fourth-order valence-corrected chi connectivity index (χ4v) is 7.12. The minimum Gasteiger partial charge on any atom is -0.504 e. The van der Waals surface area contributed by atoms with Crippen LogP contribution < -0.4 is 25.4 Å². The van der Waals surface area contributed by atoms with Gasteiger partial charge in [-0.2, -0.15) is 0 Å². The third-order valence-electron chi connectivity index (χ3n) is 10.7. The van der Waals surface area contributed by atoms with E-state index in [1.54, 1.807) is 48.5 Å². The Morgan fingerprint density at radius 1 is 0.754 bits per heavy atom. The number of phenolic OH excluding ortho intramolecular Hbond substituents is 1. The second-order valence-electron chi connectivity index (χ2n) is 14.7. The summed E-state index contributed by atoms with van der Waals surface area (Å²) in [6, 6.07) is 11.1. The van der Waals surface area contributed by atoms with Gasteiger partial charge in [-0.05, 0) is 86.7 Å². The van der Waals surface area contributed by atoms with Crippen LogP contribution in [-0.2, 0) is 36.8 Å². The van der Waals surface area contributed by atoms with Crippen molar-refractivity contribution in [3.05, 3.63) is 83.4 Å². The van der Waals surface area contributed by atoms with Gasteiger partial charge in [0.2, 0.25) is 29.5 Å². The van der Waals surface area contributed by atoms with E-state index in [0.29, 0.717) is 17.1 Å². The molecule has 16 nitrogen and oxygen atoms in total. The van der Waals surface area contributed by atoms with Gasteiger partial charge < -0.3 is 50.1 Å². The second kappa shape index (κ2) is 18.0. The molecule has 0 radical (unpaired) electrons. The summed E-state index contributed by atoms with van der Waals surface area (Å²) in [5.41, 5.74) is 1.59.